The van der Waals surface area contributed by atoms with Gasteiger partial charge in [-0.3, -0.25) is 9.78 Å². The van der Waals surface area contributed by atoms with Crippen LogP contribution in [-0.2, 0) is 10.9 Å². The number of halogens is 3. The first-order valence-corrected chi connectivity index (χ1v) is 11.9. The third kappa shape index (κ3) is 5.23. The van der Waals surface area contributed by atoms with Gasteiger partial charge in [0.25, 0.3) is 5.91 Å². The van der Waals surface area contributed by atoms with Gasteiger partial charge in [0.2, 0.25) is 11.8 Å². The van der Waals surface area contributed by atoms with E-state index >= 15 is 0 Å². The highest BCUT2D eigenvalue weighted by Gasteiger charge is 2.31. The lowest BCUT2D eigenvalue weighted by Gasteiger charge is -2.27. The molecule has 1 aliphatic heterocycles. The van der Waals surface area contributed by atoms with Crippen molar-refractivity contribution in [3.63, 3.8) is 0 Å². The standard InChI is InChI=1S/C27H24F3N5O3/c1-16-6-7-19(32-24(36)17-4-3-5-18(12-17)27(28,29)30)13-20(16)22-14-21-23(15-31-22)33-26(34-25(21)37-2)35-8-10-38-11-9-35/h3-7,12-15H,8-11H2,1-2H3,(H,32,36). The van der Waals surface area contributed by atoms with Crippen LogP contribution in [0.3, 0.4) is 0 Å². The molecule has 8 nitrogen and oxygen atoms in total. The lowest BCUT2D eigenvalue weighted by molar-refractivity contribution is -0.137. The summed E-state index contributed by atoms with van der Waals surface area (Å²) in [4.78, 5) is 28.6. The molecule has 0 atom stereocenters. The quantitative estimate of drug-likeness (QED) is 0.389. The Morgan fingerprint density at radius 1 is 1.08 bits per heavy atom. The summed E-state index contributed by atoms with van der Waals surface area (Å²) in [6, 6.07) is 11.3. The molecule has 3 heterocycles. The van der Waals surface area contributed by atoms with Crippen molar-refractivity contribution in [2.75, 3.05) is 43.6 Å². The molecule has 1 amide bonds. The molecule has 2 aromatic carbocycles. The molecular formula is C27H24F3N5O3. The molecule has 0 spiro atoms. The highest BCUT2D eigenvalue weighted by atomic mass is 19.4. The van der Waals surface area contributed by atoms with Crippen molar-refractivity contribution in [2.24, 2.45) is 0 Å². The highest BCUT2D eigenvalue weighted by Crippen LogP contribution is 2.32. The average molecular weight is 524 g/mol. The van der Waals surface area contributed by atoms with Crippen molar-refractivity contribution in [1.29, 1.82) is 0 Å². The first-order chi connectivity index (χ1) is 18.2. The maximum atomic E-state index is 13.1. The number of carbonyl (C=O) groups excluding carboxylic acids is 1. The number of anilines is 2. The van der Waals surface area contributed by atoms with Crippen LogP contribution in [0.1, 0.15) is 21.5 Å². The maximum absolute atomic E-state index is 13.1. The largest absolute Gasteiger partial charge is 0.480 e. The van der Waals surface area contributed by atoms with E-state index in [0.717, 1.165) is 23.3 Å². The molecule has 1 saturated heterocycles. The third-order valence-corrected chi connectivity index (χ3v) is 6.25. The number of aromatic nitrogens is 3. The van der Waals surface area contributed by atoms with Gasteiger partial charge in [0.05, 0.1) is 48.7 Å². The van der Waals surface area contributed by atoms with Crippen LogP contribution >= 0.6 is 0 Å². The fraction of sp³-hybridized carbons (Fsp3) is 0.259. The molecule has 0 aliphatic carbocycles. The summed E-state index contributed by atoms with van der Waals surface area (Å²) in [7, 11) is 1.54. The van der Waals surface area contributed by atoms with Gasteiger partial charge in [0, 0.05) is 29.9 Å². The summed E-state index contributed by atoms with van der Waals surface area (Å²) < 4.78 is 50.2. The number of fused-ring (bicyclic) bond motifs is 1. The number of carbonyl (C=O) groups is 1. The van der Waals surface area contributed by atoms with Crippen LogP contribution in [0, 0.1) is 6.92 Å². The number of pyridine rings is 1. The van der Waals surface area contributed by atoms with Crippen molar-refractivity contribution >= 4 is 28.4 Å². The molecule has 2 aromatic heterocycles. The summed E-state index contributed by atoms with van der Waals surface area (Å²) in [6.45, 7) is 4.45. The van der Waals surface area contributed by atoms with Crippen LogP contribution in [0.15, 0.2) is 54.7 Å². The molecule has 5 rings (SSSR count). The van der Waals surface area contributed by atoms with Crippen molar-refractivity contribution in [1.82, 2.24) is 15.0 Å². The summed E-state index contributed by atoms with van der Waals surface area (Å²) in [5.74, 6) is 0.303. The average Bonchev–Trinajstić information content (AvgIpc) is 2.93. The summed E-state index contributed by atoms with van der Waals surface area (Å²) >= 11 is 0. The minimum absolute atomic E-state index is 0.0938. The van der Waals surface area contributed by atoms with E-state index in [9.17, 15) is 18.0 Å². The van der Waals surface area contributed by atoms with E-state index < -0.39 is 17.6 Å². The monoisotopic (exact) mass is 523 g/mol. The number of hydrogen-bond acceptors (Lipinski definition) is 7. The Hall–Kier alpha value is -4.25. The van der Waals surface area contributed by atoms with Crippen LogP contribution < -0.4 is 15.0 Å². The summed E-state index contributed by atoms with van der Waals surface area (Å²) in [6.07, 6.45) is -2.89. The highest BCUT2D eigenvalue weighted by molar-refractivity contribution is 6.04. The Morgan fingerprint density at radius 2 is 1.87 bits per heavy atom. The van der Waals surface area contributed by atoms with Crippen LogP contribution in [0.5, 0.6) is 5.88 Å². The molecule has 4 aromatic rings. The van der Waals surface area contributed by atoms with Crippen LogP contribution in [0.4, 0.5) is 24.8 Å². The molecule has 0 saturated carbocycles. The number of alkyl halides is 3. The number of benzene rings is 2. The zero-order valence-electron chi connectivity index (χ0n) is 20.7. The number of amides is 1. The van der Waals surface area contributed by atoms with Gasteiger partial charge in [-0.05, 0) is 48.9 Å². The first-order valence-electron chi connectivity index (χ1n) is 11.9. The van der Waals surface area contributed by atoms with Gasteiger partial charge in [-0.15, -0.1) is 0 Å². The smallest absolute Gasteiger partial charge is 0.416 e. The van der Waals surface area contributed by atoms with Crippen molar-refractivity contribution < 1.29 is 27.4 Å². The lowest BCUT2D eigenvalue weighted by atomic mass is 10.0. The Kier molecular flexibility index (Phi) is 6.85. The number of hydrogen-bond donors (Lipinski definition) is 1. The Labute approximate surface area is 216 Å². The zero-order chi connectivity index (χ0) is 26.9. The van der Waals surface area contributed by atoms with Crippen LogP contribution in [-0.4, -0.2) is 54.3 Å². The second-order valence-electron chi connectivity index (χ2n) is 8.78. The number of nitrogens with one attached hydrogen (secondary N) is 1. The lowest BCUT2D eigenvalue weighted by Crippen LogP contribution is -2.37. The minimum Gasteiger partial charge on any atom is -0.480 e. The summed E-state index contributed by atoms with van der Waals surface area (Å²) in [5, 5.41) is 3.35. The molecular weight excluding hydrogens is 499 g/mol. The number of aryl methyl sites for hydroxylation is 1. The van der Waals surface area contributed by atoms with E-state index in [1.165, 1.54) is 12.1 Å². The van der Waals surface area contributed by atoms with Gasteiger partial charge in [-0.1, -0.05) is 12.1 Å². The van der Waals surface area contributed by atoms with E-state index in [0.29, 0.717) is 60.4 Å². The normalized spacial score (nSPS) is 14.0. The third-order valence-electron chi connectivity index (χ3n) is 6.25. The molecule has 38 heavy (non-hydrogen) atoms. The molecule has 1 fully saturated rings. The second kappa shape index (κ2) is 10.3. The van der Waals surface area contributed by atoms with Crippen molar-refractivity contribution in [3.8, 4) is 17.1 Å². The van der Waals surface area contributed by atoms with Gasteiger partial charge in [-0.25, -0.2) is 4.98 Å². The van der Waals surface area contributed by atoms with E-state index in [1.807, 2.05) is 17.9 Å². The zero-order valence-corrected chi connectivity index (χ0v) is 20.7. The van der Waals surface area contributed by atoms with Gasteiger partial charge in [-0.2, -0.15) is 18.2 Å². The minimum atomic E-state index is -4.54. The van der Waals surface area contributed by atoms with E-state index in [4.69, 9.17) is 9.47 Å². The Balaban J connectivity index is 1.45. The topological polar surface area (TPSA) is 89.5 Å². The van der Waals surface area contributed by atoms with E-state index in [-0.39, 0.29) is 5.56 Å². The molecule has 1 N–H and O–H groups in total. The van der Waals surface area contributed by atoms with Gasteiger partial charge in [0.15, 0.2) is 0 Å². The fourth-order valence-electron chi connectivity index (χ4n) is 4.22. The van der Waals surface area contributed by atoms with Gasteiger partial charge >= 0.3 is 6.18 Å². The molecule has 1 aliphatic rings. The Bertz CT molecular complexity index is 1500. The number of methoxy groups -OCH3 is 1. The Morgan fingerprint density at radius 3 is 2.61 bits per heavy atom. The number of morpholine rings is 1. The molecule has 0 bridgehead atoms. The van der Waals surface area contributed by atoms with E-state index in [2.05, 4.69) is 20.3 Å². The summed E-state index contributed by atoms with van der Waals surface area (Å²) in [5.41, 5.74) is 2.28. The van der Waals surface area contributed by atoms with Gasteiger partial charge in [0.1, 0.15) is 0 Å². The van der Waals surface area contributed by atoms with Crippen LogP contribution in [0.25, 0.3) is 22.2 Å². The van der Waals surface area contributed by atoms with Gasteiger partial charge < -0.3 is 19.7 Å². The number of nitrogens with zero attached hydrogens (tertiary/aromatic N) is 4. The van der Waals surface area contributed by atoms with Crippen molar-refractivity contribution in [3.05, 3.63) is 71.4 Å². The first kappa shape index (κ1) is 25.4. The van der Waals surface area contributed by atoms with Crippen molar-refractivity contribution in [2.45, 2.75) is 13.1 Å². The van der Waals surface area contributed by atoms with E-state index in [1.54, 1.807) is 31.5 Å². The molecule has 0 radical (unpaired) electrons. The number of ether oxygens (including phenoxy) is 2. The molecule has 11 heteroatoms. The van der Waals surface area contributed by atoms with Crippen LogP contribution in [0.2, 0.25) is 0 Å². The molecule has 196 valence electrons. The fourth-order valence-corrected chi connectivity index (χ4v) is 4.22. The predicted octanol–water partition coefficient (Wildman–Crippen LogP) is 5.12. The number of rotatable bonds is 5. The SMILES string of the molecule is COc1nc(N2CCOCC2)nc2cnc(-c3cc(NC(=O)c4cccc(C(F)(F)F)c4)ccc3C)cc12. The maximum Gasteiger partial charge on any atom is 0.416 e. The molecule has 0 unspecified atom stereocenters. The predicted molar refractivity (Wildman–Crippen MR) is 136 cm³/mol. The second-order valence-corrected chi connectivity index (χ2v) is 8.78.